The molecule has 0 saturated carbocycles. The zero-order chi connectivity index (χ0) is 13.9. The third-order valence-corrected chi connectivity index (χ3v) is 4.00. The van der Waals surface area contributed by atoms with Crippen LogP contribution in [0.4, 0.5) is 10.5 Å². The van der Waals surface area contributed by atoms with Crippen molar-refractivity contribution in [2.24, 2.45) is 0 Å². The molecule has 5 nitrogen and oxygen atoms in total. The quantitative estimate of drug-likeness (QED) is 0.916. The zero-order valence-electron chi connectivity index (χ0n) is 11.7. The van der Waals surface area contributed by atoms with Crippen molar-refractivity contribution in [3.8, 4) is 0 Å². The molecule has 2 aliphatic rings. The van der Waals surface area contributed by atoms with Crippen LogP contribution in [0.2, 0.25) is 0 Å². The lowest BCUT2D eigenvalue weighted by Crippen LogP contribution is -2.52. The van der Waals surface area contributed by atoms with Crippen molar-refractivity contribution in [2.75, 3.05) is 25.2 Å². The second-order valence-corrected chi connectivity index (χ2v) is 5.34. The van der Waals surface area contributed by atoms with Gasteiger partial charge < -0.3 is 14.8 Å². The first kappa shape index (κ1) is 13.4. The van der Waals surface area contributed by atoms with Gasteiger partial charge in [0.1, 0.15) is 6.61 Å². The minimum atomic E-state index is -0.230. The lowest BCUT2D eigenvalue weighted by molar-refractivity contribution is 0.127. The number of carbonyl (C=O) groups excluding carboxylic acids is 1. The highest BCUT2D eigenvalue weighted by atomic mass is 16.6. The molecule has 108 valence electrons. The second kappa shape index (κ2) is 5.81. The van der Waals surface area contributed by atoms with E-state index < -0.39 is 0 Å². The molecule has 1 N–H and O–H groups in total. The number of anilines is 1. The standard InChI is InChI=1S/C15H20N2O3/c1-19-10-12-8-13(6-7-16-12)17-14-5-3-2-4-11(14)9-20-15(17)18/h2-5,12-13,16H,6-10H2,1H3. The molecule has 0 aliphatic carbocycles. The monoisotopic (exact) mass is 276 g/mol. The largest absolute Gasteiger partial charge is 0.444 e. The summed E-state index contributed by atoms with van der Waals surface area (Å²) < 4.78 is 10.5. The third-order valence-electron chi connectivity index (χ3n) is 4.00. The number of nitrogens with one attached hydrogen (secondary N) is 1. The van der Waals surface area contributed by atoms with E-state index in [0.29, 0.717) is 19.3 Å². The van der Waals surface area contributed by atoms with Crippen LogP contribution < -0.4 is 10.2 Å². The lowest BCUT2D eigenvalue weighted by Gasteiger charge is -2.39. The van der Waals surface area contributed by atoms with Gasteiger partial charge in [-0.15, -0.1) is 0 Å². The maximum atomic E-state index is 12.2. The molecule has 1 aromatic carbocycles. The second-order valence-electron chi connectivity index (χ2n) is 5.34. The summed E-state index contributed by atoms with van der Waals surface area (Å²) in [5.41, 5.74) is 2.07. The van der Waals surface area contributed by atoms with Gasteiger partial charge in [-0.2, -0.15) is 0 Å². The smallest absolute Gasteiger partial charge is 0.414 e. The number of benzene rings is 1. The van der Waals surface area contributed by atoms with Crippen LogP contribution in [0.1, 0.15) is 18.4 Å². The molecular weight excluding hydrogens is 256 g/mol. The number of nitrogens with zero attached hydrogens (tertiary/aromatic N) is 1. The maximum absolute atomic E-state index is 12.2. The first-order valence-electron chi connectivity index (χ1n) is 7.06. The van der Waals surface area contributed by atoms with E-state index in [1.165, 1.54) is 0 Å². The van der Waals surface area contributed by atoms with E-state index in [1.54, 1.807) is 7.11 Å². The van der Waals surface area contributed by atoms with Crippen molar-refractivity contribution < 1.29 is 14.3 Å². The van der Waals surface area contributed by atoms with Gasteiger partial charge in [-0.05, 0) is 25.5 Å². The third kappa shape index (κ3) is 2.51. The minimum absolute atomic E-state index is 0.172. The number of carbonyl (C=O) groups is 1. The molecule has 2 atom stereocenters. The predicted molar refractivity (Wildman–Crippen MR) is 75.8 cm³/mol. The van der Waals surface area contributed by atoms with Crippen molar-refractivity contribution in [2.45, 2.75) is 31.5 Å². The molecule has 1 amide bonds. The maximum Gasteiger partial charge on any atom is 0.414 e. The topological polar surface area (TPSA) is 50.8 Å². The molecule has 2 unspecified atom stereocenters. The van der Waals surface area contributed by atoms with Gasteiger partial charge in [0.15, 0.2) is 0 Å². The van der Waals surface area contributed by atoms with Crippen molar-refractivity contribution in [3.05, 3.63) is 29.8 Å². The van der Waals surface area contributed by atoms with Gasteiger partial charge in [0, 0.05) is 24.8 Å². The Kier molecular flexibility index (Phi) is 3.89. The predicted octanol–water partition coefficient (Wildman–Crippen LogP) is 1.91. The highest BCUT2D eigenvalue weighted by Gasteiger charge is 2.34. The fourth-order valence-corrected chi connectivity index (χ4v) is 3.07. The number of para-hydroxylation sites is 1. The average molecular weight is 276 g/mol. The molecule has 20 heavy (non-hydrogen) atoms. The first-order valence-corrected chi connectivity index (χ1v) is 7.06. The van der Waals surface area contributed by atoms with E-state index >= 15 is 0 Å². The van der Waals surface area contributed by atoms with E-state index in [9.17, 15) is 4.79 Å². The molecular formula is C15H20N2O3. The Balaban J connectivity index is 1.83. The summed E-state index contributed by atoms with van der Waals surface area (Å²) in [7, 11) is 1.70. The minimum Gasteiger partial charge on any atom is -0.444 e. The van der Waals surface area contributed by atoms with Crippen molar-refractivity contribution in [3.63, 3.8) is 0 Å². The Morgan fingerprint density at radius 2 is 2.30 bits per heavy atom. The number of piperidine rings is 1. The van der Waals surface area contributed by atoms with Crippen LogP contribution in [0.3, 0.4) is 0 Å². The van der Waals surface area contributed by atoms with Gasteiger partial charge in [-0.3, -0.25) is 4.90 Å². The van der Waals surface area contributed by atoms with Gasteiger partial charge in [0.2, 0.25) is 0 Å². The Hall–Kier alpha value is -1.59. The highest BCUT2D eigenvalue weighted by molar-refractivity contribution is 5.91. The molecule has 0 bridgehead atoms. The Morgan fingerprint density at radius 3 is 3.15 bits per heavy atom. The van der Waals surface area contributed by atoms with Crippen LogP contribution in [0, 0.1) is 0 Å². The van der Waals surface area contributed by atoms with Gasteiger partial charge in [0.05, 0.1) is 12.3 Å². The van der Waals surface area contributed by atoms with E-state index in [-0.39, 0.29) is 12.1 Å². The molecule has 0 radical (unpaired) electrons. The van der Waals surface area contributed by atoms with Gasteiger partial charge in [-0.1, -0.05) is 18.2 Å². The van der Waals surface area contributed by atoms with Crippen LogP contribution in [-0.2, 0) is 16.1 Å². The number of fused-ring (bicyclic) bond motifs is 1. The summed E-state index contributed by atoms with van der Waals surface area (Å²) in [4.78, 5) is 14.0. The lowest BCUT2D eigenvalue weighted by atomic mass is 9.97. The van der Waals surface area contributed by atoms with Crippen molar-refractivity contribution >= 4 is 11.8 Å². The summed E-state index contributed by atoms with van der Waals surface area (Å²) in [6.45, 7) is 1.93. The molecule has 2 heterocycles. The Labute approximate surface area is 118 Å². The molecule has 5 heteroatoms. The molecule has 0 spiro atoms. The Bertz CT molecular complexity index is 490. The van der Waals surface area contributed by atoms with Crippen LogP contribution >= 0.6 is 0 Å². The van der Waals surface area contributed by atoms with E-state index in [0.717, 1.165) is 30.6 Å². The fraction of sp³-hybridized carbons (Fsp3) is 0.533. The van der Waals surface area contributed by atoms with Gasteiger partial charge >= 0.3 is 6.09 Å². The molecule has 3 rings (SSSR count). The summed E-state index contributed by atoms with van der Waals surface area (Å²) >= 11 is 0. The normalized spacial score (nSPS) is 26.1. The number of hydrogen-bond acceptors (Lipinski definition) is 4. The summed E-state index contributed by atoms with van der Waals surface area (Å²) in [6.07, 6.45) is 1.59. The summed E-state index contributed by atoms with van der Waals surface area (Å²) in [5.74, 6) is 0. The summed E-state index contributed by atoms with van der Waals surface area (Å²) in [6, 6.07) is 8.43. The van der Waals surface area contributed by atoms with Crippen LogP contribution in [0.25, 0.3) is 0 Å². The first-order chi connectivity index (χ1) is 9.79. The number of amides is 1. The van der Waals surface area contributed by atoms with Crippen LogP contribution in [0.5, 0.6) is 0 Å². The van der Waals surface area contributed by atoms with Crippen molar-refractivity contribution in [1.29, 1.82) is 0 Å². The molecule has 1 fully saturated rings. The Morgan fingerprint density at radius 1 is 1.45 bits per heavy atom. The molecule has 1 saturated heterocycles. The number of methoxy groups -OCH3 is 1. The number of ether oxygens (including phenoxy) is 2. The fourth-order valence-electron chi connectivity index (χ4n) is 3.07. The molecule has 0 aromatic heterocycles. The van der Waals surface area contributed by atoms with Gasteiger partial charge in [0.25, 0.3) is 0 Å². The number of cyclic esters (lactones) is 1. The molecule has 2 aliphatic heterocycles. The van der Waals surface area contributed by atoms with E-state index in [1.807, 2.05) is 29.2 Å². The van der Waals surface area contributed by atoms with E-state index in [4.69, 9.17) is 9.47 Å². The molecule has 1 aromatic rings. The van der Waals surface area contributed by atoms with Crippen molar-refractivity contribution in [1.82, 2.24) is 5.32 Å². The van der Waals surface area contributed by atoms with E-state index in [2.05, 4.69) is 5.32 Å². The SMILES string of the molecule is COCC1CC(N2C(=O)OCc3ccccc32)CCN1. The van der Waals surface area contributed by atoms with Crippen LogP contribution in [-0.4, -0.2) is 38.4 Å². The average Bonchev–Trinajstić information content (AvgIpc) is 2.48. The summed E-state index contributed by atoms with van der Waals surface area (Å²) in [5, 5.41) is 3.42. The zero-order valence-corrected chi connectivity index (χ0v) is 11.7. The highest BCUT2D eigenvalue weighted by Crippen LogP contribution is 2.31. The van der Waals surface area contributed by atoms with Crippen LogP contribution in [0.15, 0.2) is 24.3 Å². The number of hydrogen-bond donors (Lipinski definition) is 1. The number of rotatable bonds is 3. The van der Waals surface area contributed by atoms with Gasteiger partial charge in [-0.25, -0.2) is 4.79 Å².